The molecule has 0 radical (unpaired) electrons. The molecule has 0 spiro atoms. The smallest absolute Gasteiger partial charge is 0.416 e. The molecule has 3 rings (SSSR count). The fraction of sp³-hybridized carbons (Fsp3) is 0.519. The van der Waals surface area contributed by atoms with Gasteiger partial charge in [0.1, 0.15) is 6.10 Å². The SMILES string of the molecule is CN1OC(c2ccco2)=NC1[C@@H](NC(=O)[C@H](CCCc1cc(C(F)(F)F)cc(C(F)(F)F)c1)[C@H](O)C(=O)NO)C(C)(C)C. The number of aryl methyl sites for hydroxylation is 1. The minimum absolute atomic E-state index is 0.00522. The Morgan fingerprint density at radius 1 is 1.05 bits per heavy atom. The van der Waals surface area contributed by atoms with Gasteiger partial charge in [-0.15, -0.1) is 5.06 Å². The van der Waals surface area contributed by atoms with Gasteiger partial charge in [-0.3, -0.25) is 14.8 Å². The average molecular weight is 623 g/mol. The molecule has 0 aliphatic carbocycles. The fourth-order valence-electron chi connectivity index (χ4n) is 4.58. The van der Waals surface area contributed by atoms with Crippen molar-refractivity contribution in [2.75, 3.05) is 7.05 Å². The zero-order valence-corrected chi connectivity index (χ0v) is 23.6. The first-order valence-electron chi connectivity index (χ1n) is 13.1. The second-order valence-electron chi connectivity index (χ2n) is 11.1. The Bertz CT molecular complexity index is 1270. The van der Waals surface area contributed by atoms with Crippen LogP contribution in [0.2, 0.25) is 0 Å². The van der Waals surface area contributed by atoms with E-state index in [1.807, 2.05) is 0 Å². The molecule has 0 saturated heterocycles. The molecule has 1 unspecified atom stereocenters. The first kappa shape index (κ1) is 33.9. The van der Waals surface area contributed by atoms with E-state index < -0.39 is 64.9 Å². The molecule has 16 heteroatoms. The summed E-state index contributed by atoms with van der Waals surface area (Å²) in [7, 11) is 1.56. The molecule has 4 atom stereocenters. The summed E-state index contributed by atoms with van der Waals surface area (Å²) in [6, 6.07) is 3.58. The number of aliphatic imine (C=N–C) groups is 1. The summed E-state index contributed by atoms with van der Waals surface area (Å²) in [4.78, 5) is 35.7. The third-order valence-electron chi connectivity index (χ3n) is 6.84. The van der Waals surface area contributed by atoms with Gasteiger partial charge in [-0.05, 0) is 60.6 Å². The highest BCUT2D eigenvalue weighted by Crippen LogP contribution is 2.37. The number of carbonyl (C=O) groups is 2. The van der Waals surface area contributed by atoms with E-state index >= 15 is 0 Å². The molecule has 4 N–H and O–H groups in total. The molecule has 0 saturated carbocycles. The fourth-order valence-corrected chi connectivity index (χ4v) is 4.58. The third kappa shape index (κ3) is 8.48. The van der Waals surface area contributed by atoms with Gasteiger partial charge >= 0.3 is 12.4 Å². The number of carbonyl (C=O) groups excluding carboxylic acids is 2. The molecule has 238 valence electrons. The quantitative estimate of drug-likeness (QED) is 0.176. The Hall–Kier alpha value is -3.63. The number of alkyl halides is 6. The Morgan fingerprint density at radius 2 is 1.65 bits per heavy atom. The predicted molar refractivity (Wildman–Crippen MR) is 138 cm³/mol. The maximum Gasteiger partial charge on any atom is 0.416 e. The first-order chi connectivity index (χ1) is 19.8. The normalized spacial score (nSPS) is 18.4. The summed E-state index contributed by atoms with van der Waals surface area (Å²) in [6.07, 6.45) is -12.4. The number of hydroxylamine groups is 3. The van der Waals surface area contributed by atoms with Crippen molar-refractivity contribution in [2.24, 2.45) is 16.3 Å². The lowest BCUT2D eigenvalue weighted by atomic mass is 9.83. The number of amides is 2. The number of aliphatic hydroxyl groups excluding tert-OH is 1. The lowest BCUT2D eigenvalue weighted by molar-refractivity contribution is -0.147. The van der Waals surface area contributed by atoms with Crippen molar-refractivity contribution in [3.8, 4) is 0 Å². The highest BCUT2D eigenvalue weighted by atomic mass is 19.4. The second-order valence-corrected chi connectivity index (χ2v) is 11.1. The minimum atomic E-state index is -5.04. The van der Waals surface area contributed by atoms with E-state index in [1.165, 1.54) is 16.8 Å². The highest BCUT2D eigenvalue weighted by molar-refractivity contribution is 5.92. The maximum atomic E-state index is 13.5. The van der Waals surface area contributed by atoms with E-state index in [0.29, 0.717) is 17.9 Å². The number of halogens is 6. The molecule has 0 fully saturated rings. The van der Waals surface area contributed by atoms with Crippen LogP contribution in [0.25, 0.3) is 0 Å². The Morgan fingerprint density at radius 3 is 2.14 bits per heavy atom. The van der Waals surface area contributed by atoms with E-state index in [0.717, 1.165) is 0 Å². The number of likely N-dealkylation sites (N-methyl/N-ethyl adjacent to an activating group) is 1. The van der Waals surface area contributed by atoms with Crippen molar-refractivity contribution in [1.29, 1.82) is 0 Å². The number of aliphatic hydroxyl groups is 1. The third-order valence-corrected chi connectivity index (χ3v) is 6.84. The van der Waals surface area contributed by atoms with E-state index in [-0.39, 0.29) is 36.8 Å². The van der Waals surface area contributed by atoms with Crippen molar-refractivity contribution < 1.29 is 55.5 Å². The molecule has 2 aromatic rings. The number of nitrogens with zero attached hydrogens (tertiary/aromatic N) is 2. The summed E-state index contributed by atoms with van der Waals surface area (Å²) in [6.45, 7) is 5.35. The van der Waals surface area contributed by atoms with Crippen molar-refractivity contribution in [1.82, 2.24) is 15.9 Å². The van der Waals surface area contributed by atoms with Crippen molar-refractivity contribution in [3.63, 3.8) is 0 Å². The molecule has 1 aromatic heterocycles. The number of furan rings is 1. The molecule has 1 aliphatic heterocycles. The van der Waals surface area contributed by atoms with Crippen LogP contribution in [0.5, 0.6) is 0 Å². The van der Waals surface area contributed by atoms with Gasteiger partial charge in [0.15, 0.2) is 11.9 Å². The monoisotopic (exact) mass is 622 g/mol. The summed E-state index contributed by atoms with van der Waals surface area (Å²) in [5.74, 6) is -3.29. The van der Waals surface area contributed by atoms with Crippen LogP contribution < -0.4 is 10.8 Å². The number of nitrogens with one attached hydrogen (secondary N) is 2. The van der Waals surface area contributed by atoms with Crippen LogP contribution in [0.15, 0.2) is 46.0 Å². The largest absolute Gasteiger partial charge is 0.459 e. The Labute approximate surface area is 242 Å². The van der Waals surface area contributed by atoms with E-state index in [1.54, 1.807) is 40.0 Å². The van der Waals surface area contributed by atoms with Crippen LogP contribution in [-0.4, -0.2) is 58.4 Å². The van der Waals surface area contributed by atoms with Gasteiger partial charge in [-0.1, -0.05) is 20.8 Å². The van der Waals surface area contributed by atoms with Gasteiger partial charge < -0.3 is 19.7 Å². The topological polar surface area (TPSA) is 137 Å². The van der Waals surface area contributed by atoms with Crippen LogP contribution in [-0.2, 0) is 33.2 Å². The predicted octanol–water partition coefficient (Wildman–Crippen LogP) is 4.30. The summed E-state index contributed by atoms with van der Waals surface area (Å²) < 4.78 is 84.8. The van der Waals surface area contributed by atoms with E-state index in [9.17, 15) is 41.0 Å². The van der Waals surface area contributed by atoms with Crippen LogP contribution in [0.4, 0.5) is 26.3 Å². The highest BCUT2D eigenvalue weighted by Gasteiger charge is 2.43. The van der Waals surface area contributed by atoms with Gasteiger partial charge in [0.25, 0.3) is 11.8 Å². The Balaban J connectivity index is 1.84. The molecular weight excluding hydrogens is 590 g/mol. The lowest BCUT2D eigenvalue weighted by Crippen LogP contribution is -2.57. The van der Waals surface area contributed by atoms with Gasteiger partial charge in [0.2, 0.25) is 5.91 Å². The van der Waals surface area contributed by atoms with Gasteiger partial charge in [-0.25, -0.2) is 10.5 Å². The molecule has 2 amide bonds. The van der Waals surface area contributed by atoms with Crippen molar-refractivity contribution in [2.45, 2.75) is 70.7 Å². The van der Waals surface area contributed by atoms with Crippen molar-refractivity contribution >= 4 is 17.7 Å². The molecule has 1 aromatic carbocycles. The van der Waals surface area contributed by atoms with Crippen LogP contribution in [0.3, 0.4) is 0 Å². The zero-order chi connectivity index (χ0) is 32.3. The zero-order valence-electron chi connectivity index (χ0n) is 23.6. The molecule has 0 bridgehead atoms. The summed E-state index contributed by atoms with van der Waals surface area (Å²) >= 11 is 0. The number of hydrogen-bond donors (Lipinski definition) is 4. The van der Waals surface area contributed by atoms with Gasteiger partial charge in [-0.2, -0.15) is 26.3 Å². The van der Waals surface area contributed by atoms with Crippen molar-refractivity contribution in [3.05, 3.63) is 59.0 Å². The lowest BCUT2D eigenvalue weighted by Gasteiger charge is -2.37. The number of benzene rings is 1. The van der Waals surface area contributed by atoms with Crippen LogP contribution in [0, 0.1) is 11.3 Å². The van der Waals surface area contributed by atoms with Crippen LogP contribution in [0.1, 0.15) is 56.1 Å². The molecular formula is C27H32F6N4O6. The maximum absolute atomic E-state index is 13.5. The standard InChI is InChI=1S/C27H32F6N4O6/c1-25(2,3)20(21-35-24(43-37(21)4)18-9-6-10-42-18)34-22(39)17(19(38)23(40)36-41)8-5-7-14-11-15(26(28,29)30)13-16(12-14)27(31,32)33/h6,9-13,17,19-21,38,41H,5,7-8H2,1-4H3,(H,34,39)(H,36,40)/t17-,19+,20-,21?/m1/s1. The molecule has 10 nitrogen and oxygen atoms in total. The second kappa shape index (κ2) is 12.9. The van der Waals surface area contributed by atoms with Gasteiger partial charge in [0.05, 0.1) is 29.3 Å². The minimum Gasteiger partial charge on any atom is -0.459 e. The van der Waals surface area contributed by atoms with Gasteiger partial charge in [0, 0.05) is 7.05 Å². The van der Waals surface area contributed by atoms with E-state index in [2.05, 4.69) is 10.3 Å². The Kier molecular flexibility index (Phi) is 10.2. The first-order valence-corrected chi connectivity index (χ1v) is 13.1. The molecule has 1 aliphatic rings. The average Bonchev–Trinajstić information content (AvgIpc) is 3.57. The molecule has 2 heterocycles. The van der Waals surface area contributed by atoms with Crippen LogP contribution >= 0.6 is 0 Å². The van der Waals surface area contributed by atoms with E-state index in [4.69, 9.17) is 14.5 Å². The number of rotatable bonds is 10. The summed E-state index contributed by atoms with van der Waals surface area (Å²) in [5, 5.41) is 23.7. The number of hydrogen-bond acceptors (Lipinski definition) is 8. The molecule has 43 heavy (non-hydrogen) atoms. The summed E-state index contributed by atoms with van der Waals surface area (Å²) in [5.41, 5.74) is -2.73.